The zero-order chi connectivity index (χ0) is 11.5. The van der Waals surface area contributed by atoms with Gasteiger partial charge >= 0.3 is 0 Å². The number of hydrogen-bond acceptors (Lipinski definition) is 3. The van der Waals surface area contributed by atoms with Gasteiger partial charge in [0.25, 0.3) is 5.91 Å². The topological polar surface area (TPSA) is 29.1 Å². The van der Waals surface area contributed by atoms with Gasteiger partial charge in [0.1, 0.15) is 4.88 Å². The van der Waals surface area contributed by atoms with Crippen LogP contribution < -0.4 is 5.32 Å². The molecule has 2 heterocycles. The minimum absolute atomic E-state index is 0.0209. The molecule has 2 aromatic rings. The van der Waals surface area contributed by atoms with Crippen molar-refractivity contribution >= 4 is 44.5 Å². The maximum atomic E-state index is 11.8. The monoisotopic (exact) mass is 315 g/mol. The molecule has 0 saturated carbocycles. The Balaban J connectivity index is 1.99. The molecule has 0 aliphatic rings. The summed E-state index contributed by atoms with van der Waals surface area (Å²) in [6.45, 7) is 2.65. The van der Waals surface area contributed by atoms with Crippen LogP contribution in [0.3, 0.4) is 0 Å². The number of halogens is 1. The first kappa shape index (κ1) is 11.8. The fraction of sp³-hybridized carbons (Fsp3) is 0.182. The van der Waals surface area contributed by atoms with Gasteiger partial charge in [0, 0.05) is 11.0 Å². The number of thiophene rings is 2. The highest BCUT2D eigenvalue weighted by Gasteiger charge is 2.11. The van der Waals surface area contributed by atoms with E-state index in [4.69, 9.17) is 0 Å². The minimum Gasteiger partial charge on any atom is -0.347 e. The van der Waals surface area contributed by atoms with Crippen molar-refractivity contribution < 1.29 is 4.79 Å². The highest BCUT2D eigenvalue weighted by molar-refractivity contribution is 9.10. The lowest BCUT2D eigenvalue weighted by Crippen LogP contribution is -2.22. The Morgan fingerprint density at radius 1 is 1.50 bits per heavy atom. The molecule has 2 rings (SSSR count). The molecule has 0 unspecified atom stereocenters. The zero-order valence-corrected chi connectivity index (χ0v) is 11.8. The minimum atomic E-state index is -0.0209. The van der Waals surface area contributed by atoms with Crippen LogP contribution in [0.1, 0.15) is 20.8 Å². The van der Waals surface area contributed by atoms with Crippen LogP contribution >= 0.6 is 38.6 Å². The summed E-state index contributed by atoms with van der Waals surface area (Å²) in [6, 6.07) is 1.88. The second-order valence-electron chi connectivity index (χ2n) is 3.36. The maximum absolute atomic E-state index is 11.8. The van der Waals surface area contributed by atoms with Crippen LogP contribution in [0.4, 0.5) is 0 Å². The van der Waals surface area contributed by atoms with Gasteiger partial charge in [0.05, 0.1) is 0 Å². The summed E-state index contributed by atoms with van der Waals surface area (Å²) in [5.74, 6) is -0.0209. The summed E-state index contributed by atoms with van der Waals surface area (Å²) in [4.78, 5) is 12.5. The number of aryl methyl sites for hydroxylation is 1. The molecule has 2 aromatic heterocycles. The van der Waals surface area contributed by atoms with E-state index in [0.717, 1.165) is 9.35 Å². The van der Waals surface area contributed by atoms with E-state index in [1.807, 2.05) is 11.4 Å². The Bertz CT molecular complexity index is 504. The van der Waals surface area contributed by atoms with E-state index in [2.05, 4.69) is 38.9 Å². The van der Waals surface area contributed by atoms with Crippen LogP contribution in [0.5, 0.6) is 0 Å². The molecule has 0 aliphatic heterocycles. The van der Waals surface area contributed by atoms with E-state index in [9.17, 15) is 4.79 Å². The smallest absolute Gasteiger partial charge is 0.262 e. The quantitative estimate of drug-likeness (QED) is 0.916. The van der Waals surface area contributed by atoms with Gasteiger partial charge in [-0.1, -0.05) is 0 Å². The molecule has 2 nitrogen and oxygen atoms in total. The Morgan fingerprint density at radius 3 is 2.88 bits per heavy atom. The van der Waals surface area contributed by atoms with Crippen molar-refractivity contribution in [3.8, 4) is 0 Å². The van der Waals surface area contributed by atoms with Gasteiger partial charge in [-0.15, -0.1) is 11.3 Å². The third-order valence-corrected chi connectivity index (χ3v) is 4.97. The number of hydrogen-bond donors (Lipinski definition) is 1. The average Bonchev–Trinajstić information content (AvgIpc) is 2.84. The van der Waals surface area contributed by atoms with E-state index < -0.39 is 0 Å². The van der Waals surface area contributed by atoms with Gasteiger partial charge in [-0.2, -0.15) is 11.3 Å². The lowest BCUT2D eigenvalue weighted by Gasteiger charge is -2.03. The van der Waals surface area contributed by atoms with Crippen molar-refractivity contribution in [2.45, 2.75) is 13.5 Å². The molecule has 0 fully saturated rings. The Morgan fingerprint density at radius 2 is 2.31 bits per heavy atom. The Labute approximate surface area is 110 Å². The van der Waals surface area contributed by atoms with Gasteiger partial charge in [0.15, 0.2) is 0 Å². The van der Waals surface area contributed by atoms with Crippen molar-refractivity contribution in [2.75, 3.05) is 0 Å². The predicted molar refractivity (Wildman–Crippen MR) is 72.2 cm³/mol. The SMILES string of the molecule is Cc1cscc1CNC(=O)c1sccc1Br. The van der Waals surface area contributed by atoms with Gasteiger partial charge in [0.2, 0.25) is 0 Å². The normalized spacial score (nSPS) is 10.4. The summed E-state index contributed by atoms with van der Waals surface area (Å²) in [7, 11) is 0. The second kappa shape index (κ2) is 5.12. The average molecular weight is 316 g/mol. The molecule has 1 N–H and O–H groups in total. The molecule has 0 aromatic carbocycles. The van der Waals surface area contributed by atoms with E-state index in [1.165, 1.54) is 22.5 Å². The highest BCUT2D eigenvalue weighted by atomic mass is 79.9. The van der Waals surface area contributed by atoms with Crippen molar-refractivity contribution in [3.05, 3.63) is 42.7 Å². The molecule has 0 aliphatic carbocycles. The molecule has 0 bridgehead atoms. The van der Waals surface area contributed by atoms with Crippen molar-refractivity contribution in [1.82, 2.24) is 5.32 Å². The van der Waals surface area contributed by atoms with Crippen LogP contribution in [0.2, 0.25) is 0 Å². The largest absolute Gasteiger partial charge is 0.347 e. The fourth-order valence-corrected chi connectivity index (χ4v) is 3.60. The summed E-state index contributed by atoms with van der Waals surface area (Å²) in [5, 5.41) is 8.97. The lowest BCUT2D eigenvalue weighted by molar-refractivity contribution is 0.0954. The van der Waals surface area contributed by atoms with Gasteiger partial charge in [-0.25, -0.2) is 0 Å². The second-order valence-corrected chi connectivity index (χ2v) is 5.87. The van der Waals surface area contributed by atoms with E-state index in [1.54, 1.807) is 11.3 Å². The first-order valence-corrected chi connectivity index (χ1v) is 7.33. The molecule has 5 heteroatoms. The van der Waals surface area contributed by atoms with E-state index in [0.29, 0.717) is 6.54 Å². The number of carbonyl (C=O) groups is 1. The summed E-state index contributed by atoms with van der Waals surface area (Å²) < 4.78 is 0.858. The molecular formula is C11H10BrNOS2. The predicted octanol–water partition coefficient (Wildman–Crippen LogP) is 3.81. The molecule has 1 amide bonds. The molecule has 0 radical (unpaired) electrons. The van der Waals surface area contributed by atoms with Crippen LogP contribution in [0, 0.1) is 6.92 Å². The molecule has 0 spiro atoms. The summed E-state index contributed by atoms with van der Waals surface area (Å²) in [5.41, 5.74) is 2.42. The van der Waals surface area contributed by atoms with Gasteiger partial charge in [-0.3, -0.25) is 4.79 Å². The maximum Gasteiger partial charge on any atom is 0.262 e. The Hall–Kier alpha value is -0.650. The first-order valence-electron chi connectivity index (χ1n) is 4.71. The number of amides is 1. The number of carbonyl (C=O) groups excluding carboxylic acids is 1. The fourth-order valence-electron chi connectivity index (χ4n) is 1.28. The van der Waals surface area contributed by atoms with Crippen molar-refractivity contribution in [3.63, 3.8) is 0 Å². The van der Waals surface area contributed by atoms with Crippen molar-refractivity contribution in [1.29, 1.82) is 0 Å². The Kier molecular flexibility index (Phi) is 3.78. The summed E-state index contributed by atoms with van der Waals surface area (Å²) >= 11 is 6.46. The number of nitrogens with one attached hydrogen (secondary N) is 1. The van der Waals surface area contributed by atoms with Crippen molar-refractivity contribution in [2.24, 2.45) is 0 Å². The number of rotatable bonds is 3. The summed E-state index contributed by atoms with van der Waals surface area (Å²) in [6.07, 6.45) is 0. The van der Waals surface area contributed by atoms with Crippen LogP contribution in [0.15, 0.2) is 26.7 Å². The third kappa shape index (κ3) is 2.53. The van der Waals surface area contributed by atoms with Crippen LogP contribution in [-0.2, 0) is 6.54 Å². The van der Waals surface area contributed by atoms with Gasteiger partial charge in [-0.05, 0) is 56.2 Å². The third-order valence-electron chi connectivity index (χ3n) is 2.22. The zero-order valence-electron chi connectivity index (χ0n) is 8.62. The van der Waals surface area contributed by atoms with Gasteiger partial charge < -0.3 is 5.32 Å². The highest BCUT2D eigenvalue weighted by Crippen LogP contribution is 2.22. The first-order chi connectivity index (χ1) is 7.68. The molecular weight excluding hydrogens is 306 g/mol. The standard InChI is InChI=1S/C11H10BrNOS2/c1-7-5-15-6-8(7)4-13-11(14)10-9(12)2-3-16-10/h2-3,5-6H,4H2,1H3,(H,13,14). The molecule has 16 heavy (non-hydrogen) atoms. The molecule has 0 saturated heterocycles. The van der Waals surface area contributed by atoms with E-state index in [-0.39, 0.29) is 5.91 Å². The van der Waals surface area contributed by atoms with Crippen LogP contribution in [0.25, 0.3) is 0 Å². The van der Waals surface area contributed by atoms with Crippen LogP contribution in [-0.4, -0.2) is 5.91 Å². The molecule has 0 atom stereocenters. The lowest BCUT2D eigenvalue weighted by atomic mass is 10.2. The molecule has 84 valence electrons. The van der Waals surface area contributed by atoms with E-state index >= 15 is 0 Å².